The van der Waals surface area contributed by atoms with Gasteiger partial charge in [0.25, 0.3) is 5.91 Å². The van der Waals surface area contributed by atoms with Crippen LogP contribution in [0.4, 0.5) is 5.82 Å². The summed E-state index contributed by atoms with van der Waals surface area (Å²) in [5.74, 6) is 1.40. The highest BCUT2D eigenvalue weighted by molar-refractivity contribution is 5.94. The van der Waals surface area contributed by atoms with E-state index in [2.05, 4.69) is 29.5 Å². The molecule has 0 spiro atoms. The predicted octanol–water partition coefficient (Wildman–Crippen LogP) is 3.60. The van der Waals surface area contributed by atoms with Gasteiger partial charge in [-0.05, 0) is 37.3 Å². The van der Waals surface area contributed by atoms with Crippen molar-refractivity contribution in [2.45, 2.75) is 58.4 Å². The first-order valence-electron chi connectivity index (χ1n) is 8.21. The Labute approximate surface area is 127 Å². The molecular weight excluding hydrogens is 262 g/mol. The summed E-state index contributed by atoms with van der Waals surface area (Å²) < 4.78 is 0. The van der Waals surface area contributed by atoms with Gasteiger partial charge in [0.15, 0.2) is 0 Å². The molecule has 2 unspecified atom stereocenters. The summed E-state index contributed by atoms with van der Waals surface area (Å²) in [4.78, 5) is 16.6. The zero-order valence-corrected chi connectivity index (χ0v) is 13.2. The van der Waals surface area contributed by atoms with E-state index in [1.165, 1.54) is 25.7 Å². The Hall–Kier alpha value is -1.58. The normalized spacial score (nSPS) is 22.4. The SMILES string of the molecule is CCCNc1ccc(C(=O)NC2CCCCCC2C)cn1. The van der Waals surface area contributed by atoms with Crippen molar-refractivity contribution < 1.29 is 4.79 Å². The van der Waals surface area contributed by atoms with Gasteiger partial charge in [-0.2, -0.15) is 0 Å². The molecule has 0 radical (unpaired) electrons. The topological polar surface area (TPSA) is 54.0 Å². The first-order chi connectivity index (χ1) is 10.2. The number of hydrogen-bond donors (Lipinski definition) is 2. The summed E-state index contributed by atoms with van der Waals surface area (Å²) in [6.07, 6.45) is 8.81. The monoisotopic (exact) mass is 289 g/mol. The second-order valence-electron chi connectivity index (χ2n) is 6.05. The van der Waals surface area contributed by atoms with E-state index in [4.69, 9.17) is 0 Å². The highest BCUT2D eigenvalue weighted by Crippen LogP contribution is 2.23. The Kier molecular flexibility index (Phi) is 6.03. The van der Waals surface area contributed by atoms with E-state index in [-0.39, 0.29) is 5.91 Å². The lowest BCUT2D eigenvalue weighted by atomic mass is 9.97. The third-order valence-corrected chi connectivity index (χ3v) is 4.26. The van der Waals surface area contributed by atoms with Crippen LogP contribution >= 0.6 is 0 Å². The molecule has 1 aromatic heterocycles. The van der Waals surface area contributed by atoms with Crippen molar-refractivity contribution in [3.63, 3.8) is 0 Å². The van der Waals surface area contributed by atoms with Gasteiger partial charge in [0.1, 0.15) is 5.82 Å². The van der Waals surface area contributed by atoms with Crippen LogP contribution in [0, 0.1) is 5.92 Å². The zero-order chi connectivity index (χ0) is 15.1. The summed E-state index contributed by atoms with van der Waals surface area (Å²) in [5.41, 5.74) is 0.647. The Morgan fingerprint density at radius 2 is 2.10 bits per heavy atom. The van der Waals surface area contributed by atoms with Gasteiger partial charge in [-0.3, -0.25) is 4.79 Å². The third kappa shape index (κ3) is 4.73. The maximum atomic E-state index is 12.3. The average molecular weight is 289 g/mol. The molecule has 2 N–H and O–H groups in total. The minimum Gasteiger partial charge on any atom is -0.370 e. The van der Waals surface area contributed by atoms with E-state index < -0.39 is 0 Å². The number of aromatic nitrogens is 1. The molecule has 1 aliphatic rings. The first-order valence-corrected chi connectivity index (χ1v) is 8.21. The number of carbonyl (C=O) groups excluding carboxylic acids is 1. The molecule has 1 saturated carbocycles. The van der Waals surface area contributed by atoms with Crippen LogP contribution in [0.15, 0.2) is 18.3 Å². The lowest BCUT2D eigenvalue weighted by molar-refractivity contribution is 0.0921. The molecule has 0 saturated heterocycles. The minimum absolute atomic E-state index is 0.00305. The summed E-state index contributed by atoms with van der Waals surface area (Å²) in [7, 11) is 0. The summed E-state index contributed by atoms with van der Waals surface area (Å²) >= 11 is 0. The molecule has 1 fully saturated rings. The Balaban J connectivity index is 1.92. The summed E-state index contributed by atoms with van der Waals surface area (Å²) in [6.45, 7) is 5.26. The van der Waals surface area contributed by atoms with Crippen molar-refractivity contribution in [3.05, 3.63) is 23.9 Å². The third-order valence-electron chi connectivity index (χ3n) is 4.26. The Morgan fingerprint density at radius 1 is 1.29 bits per heavy atom. The van der Waals surface area contributed by atoms with E-state index >= 15 is 0 Å². The van der Waals surface area contributed by atoms with Crippen molar-refractivity contribution in [3.8, 4) is 0 Å². The predicted molar refractivity (Wildman–Crippen MR) is 86.5 cm³/mol. The number of anilines is 1. The van der Waals surface area contributed by atoms with Gasteiger partial charge in [-0.1, -0.05) is 33.1 Å². The molecule has 1 aliphatic carbocycles. The van der Waals surface area contributed by atoms with Crippen LogP contribution in [0.1, 0.15) is 62.7 Å². The highest BCUT2D eigenvalue weighted by Gasteiger charge is 2.22. The van der Waals surface area contributed by atoms with Crippen LogP contribution < -0.4 is 10.6 Å². The van der Waals surface area contributed by atoms with Crippen LogP contribution in [0.2, 0.25) is 0 Å². The fourth-order valence-electron chi connectivity index (χ4n) is 2.85. The van der Waals surface area contributed by atoms with Crippen molar-refractivity contribution >= 4 is 11.7 Å². The molecule has 116 valence electrons. The van der Waals surface area contributed by atoms with Crippen LogP contribution in [0.5, 0.6) is 0 Å². The van der Waals surface area contributed by atoms with Gasteiger partial charge in [-0.15, -0.1) is 0 Å². The van der Waals surface area contributed by atoms with Gasteiger partial charge in [-0.25, -0.2) is 4.98 Å². The molecule has 2 atom stereocenters. The first kappa shape index (κ1) is 15.8. The molecule has 4 heteroatoms. The number of rotatable bonds is 5. The van der Waals surface area contributed by atoms with E-state index in [1.54, 1.807) is 6.20 Å². The van der Waals surface area contributed by atoms with Crippen LogP contribution in [-0.2, 0) is 0 Å². The number of hydrogen-bond acceptors (Lipinski definition) is 3. The van der Waals surface area contributed by atoms with Crippen molar-refractivity contribution in [1.29, 1.82) is 0 Å². The molecule has 0 aliphatic heterocycles. The number of pyridine rings is 1. The average Bonchev–Trinajstić information content (AvgIpc) is 2.70. The van der Waals surface area contributed by atoms with Crippen LogP contribution in [-0.4, -0.2) is 23.5 Å². The maximum Gasteiger partial charge on any atom is 0.253 e. The highest BCUT2D eigenvalue weighted by atomic mass is 16.1. The van der Waals surface area contributed by atoms with E-state index in [1.807, 2.05) is 12.1 Å². The fourth-order valence-corrected chi connectivity index (χ4v) is 2.85. The molecule has 1 aromatic rings. The number of nitrogens with one attached hydrogen (secondary N) is 2. The molecule has 1 amide bonds. The molecule has 4 nitrogen and oxygen atoms in total. The van der Waals surface area contributed by atoms with E-state index in [0.717, 1.165) is 25.2 Å². The minimum atomic E-state index is 0.00305. The zero-order valence-electron chi connectivity index (χ0n) is 13.2. The fraction of sp³-hybridized carbons (Fsp3) is 0.647. The van der Waals surface area contributed by atoms with Gasteiger partial charge < -0.3 is 10.6 Å². The van der Waals surface area contributed by atoms with Gasteiger partial charge in [0.2, 0.25) is 0 Å². The standard InChI is InChI=1S/C17H27N3O/c1-3-11-18-16-10-9-14(12-19-16)17(21)20-15-8-6-4-5-7-13(15)2/h9-10,12-13,15H,3-8,11H2,1-2H3,(H,18,19)(H,20,21). The van der Waals surface area contributed by atoms with Crippen molar-refractivity contribution in [2.24, 2.45) is 5.92 Å². The Morgan fingerprint density at radius 3 is 2.81 bits per heavy atom. The number of amides is 1. The van der Waals surface area contributed by atoms with E-state index in [0.29, 0.717) is 17.5 Å². The summed E-state index contributed by atoms with van der Waals surface area (Å²) in [6, 6.07) is 4.03. The van der Waals surface area contributed by atoms with Crippen molar-refractivity contribution in [1.82, 2.24) is 10.3 Å². The van der Waals surface area contributed by atoms with E-state index in [9.17, 15) is 4.79 Å². The van der Waals surface area contributed by atoms with Gasteiger partial charge in [0.05, 0.1) is 5.56 Å². The lowest BCUT2D eigenvalue weighted by Gasteiger charge is -2.22. The molecular formula is C17H27N3O. The smallest absolute Gasteiger partial charge is 0.253 e. The molecule has 21 heavy (non-hydrogen) atoms. The van der Waals surface area contributed by atoms with Gasteiger partial charge in [0, 0.05) is 18.8 Å². The molecule has 0 aromatic carbocycles. The molecule has 0 bridgehead atoms. The second-order valence-corrected chi connectivity index (χ2v) is 6.05. The molecule has 2 rings (SSSR count). The summed E-state index contributed by atoms with van der Waals surface area (Å²) in [5, 5.41) is 6.40. The number of nitrogens with zero attached hydrogens (tertiary/aromatic N) is 1. The second kappa shape index (κ2) is 8.01. The molecule has 1 heterocycles. The quantitative estimate of drug-likeness (QED) is 0.814. The van der Waals surface area contributed by atoms with Crippen LogP contribution in [0.25, 0.3) is 0 Å². The van der Waals surface area contributed by atoms with Gasteiger partial charge >= 0.3 is 0 Å². The maximum absolute atomic E-state index is 12.3. The Bertz CT molecular complexity index is 444. The largest absolute Gasteiger partial charge is 0.370 e. The number of carbonyl (C=O) groups is 1. The van der Waals surface area contributed by atoms with Crippen molar-refractivity contribution in [2.75, 3.05) is 11.9 Å². The van der Waals surface area contributed by atoms with Crippen LogP contribution in [0.3, 0.4) is 0 Å². The lowest BCUT2D eigenvalue weighted by Crippen LogP contribution is -2.38.